The predicted octanol–water partition coefficient (Wildman–Crippen LogP) is 2.01. The molecule has 3 N–H and O–H groups in total. The number of nitrogens with zero attached hydrogens (tertiary/aromatic N) is 3. The second-order valence-electron chi connectivity index (χ2n) is 3.89. The van der Waals surface area contributed by atoms with Gasteiger partial charge in [0.05, 0.1) is 16.8 Å². The normalized spacial score (nSPS) is 10.8. The maximum Gasteiger partial charge on any atom is 0.144 e. The first-order valence-corrected chi connectivity index (χ1v) is 6.02. The molecule has 0 spiro atoms. The van der Waals surface area contributed by atoms with Crippen LogP contribution in [0.25, 0.3) is 10.7 Å². The van der Waals surface area contributed by atoms with Crippen LogP contribution in [0.15, 0.2) is 18.6 Å². The molecule has 2 rings (SSSR count). The van der Waals surface area contributed by atoms with Crippen LogP contribution in [0.5, 0.6) is 0 Å². The van der Waals surface area contributed by atoms with E-state index in [1.807, 2.05) is 13.8 Å². The van der Waals surface area contributed by atoms with Crippen LogP contribution in [-0.2, 0) is 0 Å². The highest BCUT2D eigenvalue weighted by Crippen LogP contribution is 2.29. The number of thiazole rings is 1. The highest BCUT2D eigenvalue weighted by molar-refractivity contribution is 7.17. The summed E-state index contributed by atoms with van der Waals surface area (Å²) >= 11 is 1.39. The summed E-state index contributed by atoms with van der Waals surface area (Å²) in [6.07, 6.45) is 4.90. The van der Waals surface area contributed by atoms with Gasteiger partial charge in [-0.15, -0.1) is 11.3 Å². The molecule has 0 aliphatic rings. The van der Waals surface area contributed by atoms with Crippen LogP contribution >= 0.6 is 11.3 Å². The highest BCUT2D eigenvalue weighted by atomic mass is 32.1. The summed E-state index contributed by atoms with van der Waals surface area (Å²) in [7, 11) is 0. The fourth-order valence-corrected chi connectivity index (χ4v) is 2.48. The molecule has 0 fully saturated rings. The van der Waals surface area contributed by atoms with E-state index in [9.17, 15) is 0 Å². The maximum atomic E-state index is 7.56. The summed E-state index contributed by atoms with van der Waals surface area (Å²) in [5.74, 6) is 0.289. The molecule has 0 radical (unpaired) electrons. The number of aromatic nitrogens is 3. The summed E-state index contributed by atoms with van der Waals surface area (Å²) in [5, 5.41) is 8.31. The van der Waals surface area contributed by atoms with E-state index in [2.05, 4.69) is 15.0 Å². The number of rotatable bonds is 3. The van der Waals surface area contributed by atoms with Crippen molar-refractivity contribution in [2.75, 3.05) is 0 Å². The van der Waals surface area contributed by atoms with Gasteiger partial charge in [-0.3, -0.25) is 15.4 Å². The number of amidine groups is 1. The van der Waals surface area contributed by atoms with E-state index in [0.29, 0.717) is 5.69 Å². The van der Waals surface area contributed by atoms with Gasteiger partial charge in [-0.2, -0.15) is 0 Å². The fourth-order valence-electron chi connectivity index (χ4n) is 1.44. The Kier molecular flexibility index (Phi) is 3.14. The first kappa shape index (κ1) is 11.7. The molecule has 6 heteroatoms. The number of nitrogens with one attached hydrogen (secondary N) is 1. The molecule has 2 aromatic heterocycles. The van der Waals surface area contributed by atoms with E-state index in [1.165, 1.54) is 11.3 Å². The first-order valence-electron chi connectivity index (χ1n) is 5.21. The van der Waals surface area contributed by atoms with Gasteiger partial charge in [0.2, 0.25) is 0 Å². The lowest BCUT2D eigenvalue weighted by Gasteiger charge is -2.02. The zero-order chi connectivity index (χ0) is 12.4. The molecule has 2 heterocycles. The van der Waals surface area contributed by atoms with Crippen molar-refractivity contribution in [3.63, 3.8) is 0 Å². The molecular formula is C11H13N5S. The minimum atomic E-state index is 0.0568. The monoisotopic (exact) mass is 247 g/mol. The Bertz CT molecular complexity index is 532. The second-order valence-corrected chi connectivity index (χ2v) is 4.89. The number of hydrogen-bond donors (Lipinski definition) is 2. The molecule has 88 valence electrons. The molecule has 5 nitrogen and oxygen atoms in total. The molecule has 0 aromatic carbocycles. The van der Waals surface area contributed by atoms with Crippen LogP contribution in [0.2, 0.25) is 0 Å². The van der Waals surface area contributed by atoms with Crippen LogP contribution in [-0.4, -0.2) is 20.8 Å². The highest BCUT2D eigenvalue weighted by Gasteiger charge is 2.17. The topological polar surface area (TPSA) is 88.5 Å². The molecule has 0 saturated carbocycles. The lowest BCUT2D eigenvalue weighted by Crippen LogP contribution is -2.12. The SMILES string of the molecule is CC(C)c1nc(-c2cnccn2)sc1C(=N)N. The van der Waals surface area contributed by atoms with Gasteiger partial charge in [0.15, 0.2) is 0 Å². The van der Waals surface area contributed by atoms with Crippen molar-refractivity contribution in [1.29, 1.82) is 5.41 Å². The Hall–Kier alpha value is -1.82. The van der Waals surface area contributed by atoms with Gasteiger partial charge in [0, 0.05) is 12.4 Å². The van der Waals surface area contributed by atoms with Gasteiger partial charge in [-0.1, -0.05) is 13.8 Å². The van der Waals surface area contributed by atoms with Gasteiger partial charge >= 0.3 is 0 Å². The minimum Gasteiger partial charge on any atom is -0.383 e. The maximum absolute atomic E-state index is 7.56. The largest absolute Gasteiger partial charge is 0.383 e. The summed E-state index contributed by atoms with van der Waals surface area (Å²) in [5.41, 5.74) is 7.13. The fraction of sp³-hybridized carbons (Fsp3) is 0.273. The Labute approximate surface area is 103 Å². The molecule has 0 amide bonds. The minimum absolute atomic E-state index is 0.0568. The van der Waals surface area contributed by atoms with E-state index in [-0.39, 0.29) is 11.8 Å². The van der Waals surface area contributed by atoms with Crippen LogP contribution < -0.4 is 5.73 Å². The van der Waals surface area contributed by atoms with Crippen molar-refractivity contribution < 1.29 is 0 Å². The molecule has 0 aliphatic carbocycles. The second kappa shape index (κ2) is 4.58. The number of nitrogen functional groups attached to an aromatic ring is 1. The summed E-state index contributed by atoms with van der Waals surface area (Å²) in [6.45, 7) is 4.06. The van der Waals surface area contributed by atoms with E-state index in [4.69, 9.17) is 11.1 Å². The van der Waals surface area contributed by atoms with Crippen molar-refractivity contribution >= 4 is 17.2 Å². The van der Waals surface area contributed by atoms with Crippen LogP contribution in [0, 0.1) is 5.41 Å². The van der Waals surface area contributed by atoms with Crippen molar-refractivity contribution in [2.45, 2.75) is 19.8 Å². The Morgan fingerprint density at radius 2 is 2.18 bits per heavy atom. The van der Waals surface area contributed by atoms with Gasteiger partial charge in [-0.05, 0) is 5.92 Å². The van der Waals surface area contributed by atoms with Gasteiger partial charge in [0.25, 0.3) is 0 Å². The lowest BCUT2D eigenvalue weighted by molar-refractivity contribution is 0.831. The van der Waals surface area contributed by atoms with Crippen LogP contribution in [0.4, 0.5) is 0 Å². The van der Waals surface area contributed by atoms with E-state index in [1.54, 1.807) is 18.6 Å². The van der Waals surface area contributed by atoms with E-state index >= 15 is 0 Å². The quantitative estimate of drug-likeness (QED) is 0.641. The molecule has 17 heavy (non-hydrogen) atoms. The first-order chi connectivity index (χ1) is 8.09. The zero-order valence-electron chi connectivity index (χ0n) is 9.64. The van der Waals surface area contributed by atoms with Crippen molar-refractivity contribution in [2.24, 2.45) is 5.73 Å². The van der Waals surface area contributed by atoms with Crippen molar-refractivity contribution in [1.82, 2.24) is 15.0 Å². The molecule has 2 aromatic rings. The number of nitrogens with two attached hydrogens (primary N) is 1. The molecule has 0 aliphatic heterocycles. The van der Waals surface area contributed by atoms with Crippen molar-refractivity contribution in [3.8, 4) is 10.7 Å². The van der Waals surface area contributed by atoms with Crippen molar-refractivity contribution in [3.05, 3.63) is 29.2 Å². The predicted molar refractivity (Wildman–Crippen MR) is 68.2 cm³/mol. The Morgan fingerprint density at radius 3 is 2.65 bits per heavy atom. The average molecular weight is 247 g/mol. The third kappa shape index (κ3) is 2.31. The average Bonchev–Trinajstić information content (AvgIpc) is 2.75. The van der Waals surface area contributed by atoms with E-state index < -0.39 is 0 Å². The van der Waals surface area contributed by atoms with Gasteiger partial charge < -0.3 is 5.73 Å². The third-order valence-electron chi connectivity index (χ3n) is 2.23. The summed E-state index contributed by atoms with van der Waals surface area (Å²) in [4.78, 5) is 13.4. The molecule has 0 saturated heterocycles. The number of hydrogen-bond acceptors (Lipinski definition) is 5. The van der Waals surface area contributed by atoms with Gasteiger partial charge in [-0.25, -0.2) is 4.98 Å². The zero-order valence-corrected chi connectivity index (χ0v) is 10.5. The van der Waals surface area contributed by atoms with Crippen LogP contribution in [0.3, 0.4) is 0 Å². The van der Waals surface area contributed by atoms with Crippen LogP contribution in [0.1, 0.15) is 30.3 Å². The Balaban J connectivity index is 2.51. The molecule has 0 atom stereocenters. The van der Waals surface area contributed by atoms with E-state index in [0.717, 1.165) is 15.6 Å². The standard InChI is InChI=1S/C11H13N5S/c1-6(2)8-9(10(12)13)17-11(16-8)7-5-14-3-4-15-7/h3-6H,1-2H3,(H3,12,13). The molecular weight excluding hydrogens is 234 g/mol. The van der Waals surface area contributed by atoms with Gasteiger partial charge in [0.1, 0.15) is 16.5 Å². The smallest absolute Gasteiger partial charge is 0.144 e. The summed E-state index contributed by atoms with van der Waals surface area (Å²) < 4.78 is 0. The molecule has 0 bridgehead atoms. The Morgan fingerprint density at radius 1 is 1.41 bits per heavy atom. The lowest BCUT2D eigenvalue weighted by atomic mass is 10.1. The summed E-state index contributed by atoms with van der Waals surface area (Å²) in [6, 6.07) is 0. The third-order valence-corrected chi connectivity index (χ3v) is 3.35. The molecule has 0 unspecified atom stereocenters.